The van der Waals surface area contributed by atoms with Crippen LogP contribution < -0.4 is 5.73 Å². The molecule has 20 heavy (non-hydrogen) atoms. The van der Waals surface area contributed by atoms with Gasteiger partial charge in [-0.15, -0.1) is 12.4 Å². The van der Waals surface area contributed by atoms with Gasteiger partial charge in [0.15, 0.2) is 0 Å². The average Bonchev–Trinajstić information content (AvgIpc) is 2.48. The molecular weight excluding hydrogens is 270 g/mol. The third-order valence-corrected chi connectivity index (χ3v) is 4.09. The SMILES string of the molecule is Cl.NCC1CCN(Cc2cnc3ccccc3c2)CC1. The summed E-state index contributed by atoms with van der Waals surface area (Å²) in [5.41, 5.74) is 8.12. The summed E-state index contributed by atoms with van der Waals surface area (Å²) in [6, 6.07) is 10.6. The number of nitrogens with zero attached hydrogens (tertiary/aromatic N) is 2. The van der Waals surface area contributed by atoms with E-state index in [1.165, 1.54) is 23.8 Å². The minimum Gasteiger partial charge on any atom is -0.330 e. The molecule has 0 aliphatic carbocycles. The van der Waals surface area contributed by atoms with Crippen molar-refractivity contribution >= 4 is 23.3 Å². The van der Waals surface area contributed by atoms with Gasteiger partial charge in [-0.2, -0.15) is 0 Å². The molecule has 0 bridgehead atoms. The molecule has 0 amide bonds. The van der Waals surface area contributed by atoms with Crippen LogP contribution in [0.1, 0.15) is 18.4 Å². The van der Waals surface area contributed by atoms with E-state index in [0.717, 1.165) is 37.6 Å². The Balaban J connectivity index is 0.00000147. The number of halogens is 1. The summed E-state index contributed by atoms with van der Waals surface area (Å²) >= 11 is 0. The first-order chi connectivity index (χ1) is 9.35. The van der Waals surface area contributed by atoms with Crippen LogP contribution in [0, 0.1) is 5.92 Å². The molecule has 3 nitrogen and oxygen atoms in total. The number of benzene rings is 1. The minimum absolute atomic E-state index is 0. The highest BCUT2D eigenvalue weighted by atomic mass is 35.5. The normalized spacial score (nSPS) is 17.1. The standard InChI is InChI=1S/C16H21N3.ClH/c17-10-13-5-7-19(8-6-13)12-14-9-15-3-1-2-4-16(15)18-11-14;/h1-4,9,11,13H,5-8,10,12,17H2;1H. The second-order valence-corrected chi connectivity index (χ2v) is 5.49. The van der Waals surface area contributed by atoms with Crippen molar-refractivity contribution in [2.24, 2.45) is 11.7 Å². The van der Waals surface area contributed by atoms with Gasteiger partial charge in [-0.3, -0.25) is 9.88 Å². The maximum absolute atomic E-state index is 5.73. The topological polar surface area (TPSA) is 42.1 Å². The van der Waals surface area contributed by atoms with Gasteiger partial charge >= 0.3 is 0 Å². The molecule has 0 atom stereocenters. The molecule has 1 aliphatic rings. The Morgan fingerprint density at radius 2 is 1.95 bits per heavy atom. The number of nitrogens with two attached hydrogens (primary N) is 1. The summed E-state index contributed by atoms with van der Waals surface area (Å²) in [5, 5.41) is 1.23. The van der Waals surface area contributed by atoms with Crippen molar-refractivity contribution in [1.29, 1.82) is 0 Å². The van der Waals surface area contributed by atoms with Crippen LogP contribution in [0.15, 0.2) is 36.5 Å². The van der Waals surface area contributed by atoms with Crippen molar-refractivity contribution in [3.8, 4) is 0 Å². The monoisotopic (exact) mass is 291 g/mol. The zero-order valence-corrected chi connectivity index (χ0v) is 12.5. The quantitative estimate of drug-likeness (QED) is 0.945. The van der Waals surface area contributed by atoms with Crippen molar-refractivity contribution in [3.05, 3.63) is 42.1 Å². The maximum Gasteiger partial charge on any atom is 0.0702 e. The summed E-state index contributed by atoms with van der Waals surface area (Å²) < 4.78 is 0. The predicted molar refractivity (Wildman–Crippen MR) is 86.0 cm³/mol. The molecule has 0 spiro atoms. The van der Waals surface area contributed by atoms with Crippen LogP contribution in [0.4, 0.5) is 0 Å². The van der Waals surface area contributed by atoms with E-state index in [4.69, 9.17) is 5.73 Å². The Morgan fingerprint density at radius 1 is 1.20 bits per heavy atom. The molecule has 0 saturated carbocycles. The predicted octanol–water partition coefficient (Wildman–Crippen LogP) is 2.83. The molecule has 1 aliphatic heterocycles. The fourth-order valence-corrected chi connectivity index (χ4v) is 2.84. The number of rotatable bonds is 3. The van der Waals surface area contributed by atoms with E-state index >= 15 is 0 Å². The van der Waals surface area contributed by atoms with Crippen molar-refractivity contribution in [3.63, 3.8) is 0 Å². The van der Waals surface area contributed by atoms with E-state index in [0.29, 0.717) is 0 Å². The molecule has 4 heteroatoms. The van der Waals surface area contributed by atoms with E-state index in [-0.39, 0.29) is 12.4 Å². The first kappa shape index (κ1) is 15.2. The Kier molecular flexibility index (Phi) is 5.35. The van der Waals surface area contributed by atoms with Gasteiger partial charge in [0.1, 0.15) is 0 Å². The molecule has 2 aromatic rings. The summed E-state index contributed by atoms with van der Waals surface area (Å²) in [7, 11) is 0. The molecule has 2 N–H and O–H groups in total. The molecule has 0 unspecified atom stereocenters. The lowest BCUT2D eigenvalue weighted by molar-refractivity contribution is 0.180. The Bertz CT molecular complexity index is 550. The number of fused-ring (bicyclic) bond motifs is 1. The number of hydrogen-bond acceptors (Lipinski definition) is 3. The fraction of sp³-hybridized carbons (Fsp3) is 0.438. The van der Waals surface area contributed by atoms with Gasteiger partial charge in [0.05, 0.1) is 5.52 Å². The highest BCUT2D eigenvalue weighted by Crippen LogP contribution is 2.19. The summed E-state index contributed by atoms with van der Waals surface area (Å²) in [6.07, 6.45) is 4.48. The van der Waals surface area contributed by atoms with E-state index in [2.05, 4.69) is 34.1 Å². The molecule has 1 saturated heterocycles. The average molecular weight is 292 g/mol. The second kappa shape index (κ2) is 7.02. The van der Waals surface area contributed by atoms with Crippen LogP contribution in [-0.4, -0.2) is 29.5 Å². The van der Waals surface area contributed by atoms with E-state index < -0.39 is 0 Å². The van der Waals surface area contributed by atoms with Crippen LogP contribution in [0.25, 0.3) is 10.9 Å². The second-order valence-electron chi connectivity index (χ2n) is 5.49. The largest absolute Gasteiger partial charge is 0.330 e. The summed E-state index contributed by atoms with van der Waals surface area (Å²) in [4.78, 5) is 7.04. The molecule has 3 rings (SSSR count). The van der Waals surface area contributed by atoms with Gasteiger partial charge in [-0.05, 0) is 56.1 Å². The summed E-state index contributed by atoms with van der Waals surface area (Å²) in [5.74, 6) is 0.728. The summed E-state index contributed by atoms with van der Waals surface area (Å²) in [6.45, 7) is 4.17. The lowest BCUT2D eigenvalue weighted by atomic mass is 9.97. The van der Waals surface area contributed by atoms with Crippen LogP contribution in [0.2, 0.25) is 0 Å². The Hall–Kier alpha value is -1.16. The van der Waals surface area contributed by atoms with Crippen LogP contribution in [-0.2, 0) is 6.54 Å². The maximum atomic E-state index is 5.73. The van der Waals surface area contributed by atoms with Gasteiger partial charge in [0.2, 0.25) is 0 Å². The number of likely N-dealkylation sites (tertiary alicyclic amines) is 1. The molecule has 2 heterocycles. The van der Waals surface area contributed by atoms with Crippen molar-refractivity contribution < 1.29 is 0 Å². The van der Waals surface area contributed by atoms with Crippen molar-refractivity contribution in [2.45, 2.75) is 19.4 Å². The van der Waals surface area contributed by atoms with Gasteiger partial charge in [0.25, 0.3) is 0 Å². The number of hydrogen-bond donors (Lipinski definition) is 1. The molecule has 0 radical (unpaired) electrons. The number of pyridine rings is 1. The molecule has 108 valence electrons. The van der Waals surface area contributed by atoms with Gasteiger partial charge < -0.3 is 5.73 Å². The molecule has 1 fully saturated rings. The van der Waals surface area contributed by atoms with Crippen LogP contribution >= 0.6 is 12.4 Å². The number of piperidine rings is 1. The Morgan fingerprint density at radius 3 is 2.70 bits per heavy atom. The lowest BCUT2D eigenvalue weighted by Gasteiger charge is -2.31. The van der Waals surface area contributed by atoms with Crippen molar-refractivity contribution in [2.75, 3.05) is 19.6 Å². The first-order valence-electron chi connectivity index (χ1n) is 7.11. The van der Waals surface area contributed by atoms with Gasteiger partial charge in [-0.1, -0.05) is 18.2 Å². The lowest BCUT2D eigenvalue weighted by Crippen LogP contribution is -2.35. The van der Waals surface area contributed by atoms with Gasteiger partial charge in [0, 0.05) is 18.1 Å². The minimum atomic E-state index is 0. The fourth-order valence-electron chi connectivity index (χ4n) is 2.84. The molecule has 1 aromatic heterocycles. The van der Waals surface area contributed by atoms with E-state index in [1.807, 2.05) is 12.3 Å². The van der Waals surface area contributed by atoms with Gasteiger partial charge in [-0.25, -0.2) is 0 Å². The van der Waals surface area contributed by atoms with Crippen molar-refractivity contribution in [1.82, 2.24) is 9.88 Å². The zero-order chi connectivity index (χ0) is 13.1. The van der Waals surface area contributed by atoms with Crippen LogP contribution in [0.5, 0.6) is 0 Å². The highest BCUT2D eigenvalue weighted by molar-refractivity contribution is 5.85. The first-order valence-corrected chi connectivity index (χ1v) is 7.11. The Labute approximate surface area is 126 Å². The zero-order valence-electron chi connectivity index (χ0n) is 11.7. The third kappa shape index (κ3) is 3.48. The molecule has 1 aromatic carbocycles. The smallest absolute Gasteiger partial charge is 0.0702 e. The van der Waals surface area contributed by atoms with E-state index in [1.54, 1.807) is 0 Å². The number of para-hydroxylation sites is 1. The number of aromatic nitrogens is 1. The molecular formula is C16H22ClN3. The third-order valence-electron chi connectivity index (χ3n) is 4.09. The van der Waals surface area contributed by atoms with Crippen LogP contribution in [0.3, 0.4) is 0 Å². The van der Waals surface area contributed by atoms with E-state index in [9.17, 15) is 0 Å². The highest BCUT2D eigenvalue weighted by Gasteiger charge is 2.17.